The predicted molar refractivity (Wildman–Crippen MR) is 125 cm³/mol. The molecule has 0 saturated carbocycles. The molecule has 9 nitrogen and oxygen atoms in total. The van der Waals surface area contributed by atoms with E-state index in [1.807, 2.05) is 16.8 Å². The van der Waals surface area contributed by atoms with Gasteiger partial charge in [0.2, 0.25) is 0 Å². The zero-order chi connectivity index (χ0) is 25.2. The Balaban J connectivity index is 1.66. The third-order valence-electron chi connectivity index (χ3n) is 6.21. The van der Waals surface area contributed by atoms with Crippen LogP contribution in [0.2, 0.25) is 0 Å². The van der Waals surface area contributed by atoms with Crippen LogP contribution in [-0.2, 0) is 10.9 Å². The topological polar surface area (TPSA) is 91.2 Å². The maximum absolute atomic E-state index is 14.0. The molecule has 0 spiro atoms. The van der Waals surface area contributed by atoms with Gasteiger partial charge in [0, 0.05) is 57.1 Å². The van der Waals surface area contributed by atoms with Crippen molar-refractivity contribution < 1.29 is 27.6 Å². The number of alkyl halides is 3. The van der Waals surface area contributed by atoms with Crippen LogP contribution in [0.25, 0.3) is 0 Å². The lowest BCUT2D eigenvalue weighted by atomic mass is 10.1. The van der Waals surface area contributed by atoms with Crippen LogP contribution < -0.4 is 15.1 Å². The normalized spacial score (nSPS) is 17.4. The first-order valence-electron chi connectivity index (χ1n) is 11.2. The number of non-ortho nitro benzene ring substituents is 1. The Bertz CT molecular complexity index is 1100. The molecular weight excluding hydrogens is 467 g/mol. The van der Waals surface area contributed by atoms with Crippen LogP contribution >= 0.6 is 0 Å². The van der Waals surface area contributed by atoms with Crippen LogP contribution in [0.4, 0.5) is 35.9 Å². The van der Waals surface area contributed by atoms with Gasteiger partial charge in [-0.1, -0.05) is 0 Å². The summed E-state index contributed by atoms with van der Waals surface area (Å²) in [4.78, 5) is 29.6. The molecule has 2 fully saturated rings. The zero-order valence-corrected chi connectivity index (χ0v) is 19.2. The second-order valence-corrected chi connectivity index (χ2v) is 8.53. The quantitative estimate of drug-likeness (QED) is 0.504. The molecule has 1 amide bonds. The number of amides is 1. The first kappa shape index (κ1) is 24.7. The van der Waals surface area contributed by atoms with E-state index in [0.717, 1.165) is 25.2 Å². The highest BCUT2D eigenvalue weighted by Gasteiger charge is 2.35. The summed E-state index contributed by atoms with van der Waals surface area (Å²) < 4.78 is 47.2. The van der Waals surface area contributed by atoms with Crippen LogP contribution in [0.15, 0.2) is 36.4 Å². The molecule has 12 heteroatoms. The molecule has 4 rings (SSSR count). The van der Waals surface area contributed by atoms with Gasteiger partial charge in [0.1, 0.15) is 0 Å². The van der Waals surface area contributed by atoms with E-state index in [1.165, 1.54) is 18.2 Å². The molecular formula is C23H26F3N5O4. The summed E-state index contributed by atoms with van der Waals surface area (Å²) in [5.74, 6) is -0.854. The van der Waals surface area contributed by atoms with Gasteiger partial charge in [0.05, 0.1) is 40.6 Å². The molecule has 0 unspecified atom stereocenters. The number of piperazine rings is 1. The Hall–Kier alpha value is -3.38. The molecule has 2 saturated heterocycles. The number of rotatable bonds is 5. The standard InChI is InChI=1S/C23H26F3N5O4/c1-28-6-8-29(9-7-28)16-2-4-20(19(15-16)23(24,25)26)27-22(32)18-14-17(31(33)34)3-5-21(18)30-10-12-35-13-11-30/h2-5,14-15H,6-13H2,1H3,(H,27,32). The Labute approximate surface area is 200 Å². The number of hydrogen-bond acceptors (Lipinski definition) is 7. The van der Waals surface area contributed by atoms with Crippen molar-refractivity contribution in [3.8, 4) is 0 Å². The van der Waals surface area contributed by atoms with E-state index in [4.69, 9.17) is 4.74 Å². The number of nitro groups is 1. The lowest BCUT2D eigenvalue weighted by Crippen LogP contribution is -2.44. The molecule has 2 heterocycles. The molecule has 2 aliphatic rings. The number of carbonyl (C=O) groups is 1. The number of nitrogens with one attached hydrogen (secondary N) is 1. The summed E-state index contributed by atoms with van der Waals surface area (Å²) in [6.45, 7) is 4.37. The summed E-state index contributed by atoms with van der Waals surface area (Å²) in [5.41, 5.74) is -0.946. The van der Waals surface area contributed by atoms with E-state index in [9.17, 15) is 28.1 Å². The van der Waals surface area contributed by atoms with Gasteiger partial charge >= 0.3 is 6.18 Å². The number of hydrogen-bond donors (Lipinski definition) is 1. The smallest absolute Gasteiger partial charge is 0.378 e. The lowest BCUT2D eigenvalue weighted by molar-refractivity contribution is -0.384. The van der Waals surface area contributed by atoms with Gasteiger partial charge < -0.3 is 24.8 Å². The largest absolute Gasteiger partial charge is 0.418 e. The number of benzene rings is 2. The van der Waals surface area contributed by atoms with Gasteiger partial charge in [0.15, 0.2) is 0 Å². The molecule has 0 aromatic heterocycles. The molecule has 0 atom stereocenters. The van der Waals surface area contributed by atoms with Gasteiger partial charge in [-0.15, -0.1) is 0 Å². The van der Waals surface area contributed by atoms with Gasteiger partial charge in [-0.2, -0.15) is 13.2 Å². The maximum Gasteiger partial charge on any atom is 0.418 e. The number of anilines is 3. The first-order valence-corrected chi connectivity index (χ1v) is 11.2. The monoisotopic (exact) mass is 493 g/mol. The molecule has 2 aromatic carbocycles. The van der Waals surface area contributed by atoms with E-state index in [0.29, 0.717) is 50.8 Å². The molecule has 35 heavy (non-hydrogen) atoms. The van der Waals surface area contributed by atoms with Crippen molar-refractivity contribution in [2.45, 2.75) is 6.18 Å². The van der Waals surface area contributed by atoms with Crippen molar-refractivity contribution in [3.63, 3.8) is 0 Å². The average Bonchev–Trinajstić information content (AvgIpc) is 2.84. The van der Waals surface area contributed by atoms with Crippen molar-refractivity contribution in [2.24, 2.45) is 0 Å². The van der Waals surface area contributed by atoms with Crippen molar-refractivity contribution in [3.05, 3.63) is 57.6 Å². The summed E-state index contributed by atoms with van der Waals surface area (Å²) >= 11 is 0. The number of likely N-dealkylation sites (N-methyl/N-ethyl adjacent to an activating group) is 1. The fourth-order valence-electron chi connectivity index (χ4n) is 4.23. The van der Waals surface area contributed by atoms with Crippen LogP contribution in [-0.4, -0.2) is 75.3 Å². The van der Waals surface area contributed by atoms with E-state index in [2.05, 4.69) is 10.2 Å². The minimum atomic E-state index is -4.71. The van der Waals surface area contributed by atoms with E-state index >= 15 is 0 Å². The third kappa shape index (κ3) is 5.65. The van der Waals surface area contributed by atoms with Gasteiger partial charge in [-0.05, 0) is 31.3 Å². The molecule has 1 N–H and O–H groups in total. The van der Waals surface area contributed by atoms with Crippen molar-refractivity contribution in [1.29, 1.82) is 0 Å². The number of carbonyl (C=O) groups excluding carboxylic acids is 1. The predicted octanol–water partition coefficient (Wildman–Crippen LogP) is 3.45. The second-order valence-electron chi connectivity index (χ2n) is 8.53. The number of nitrogens with zero attached hydrogens (tertiary/aromatic N) is 4. The molecule has 0 bridgehead atoms. The Kier molecular flexibility index (Phi) is 7.13. The molecule has 188 valence electrons. The van der Waals surface area contributed by atoms with E-state index in [1.54, 1.807) is 6.07 Å². The highest BCUT2D eigenvalue weighted by atomic mass is 19.4. The molecule has 0 radical (unpaired) electrons. The SMILES string of the molecule is CN1CCN(c2ccc(NC(=O)c3cc([N+](=O)[O-])ccc3N3CCOCC3)c(C(F)(F)F)c2)CC1. The summed E-state index contributed by atoms with van der Waals surface area (Å²) in [5, 5.41) is 13.6. The van der Waals surface area contributed by atoms with E-state index in [-0.39, 0.29) is 11.3 Å². The number of ether oxygens (including phenoxy) is 1. The minimum absolute atomic E-state index is 0.0719. The highest BCUT2D eigenvalue weighted by Crippen LogP contribution is 2.38. The number of nitro benzene ring substituents is 1. The summed E-state index contributed by atoms with van der Waals surface area (Å²) in [6.07, 6.45) is -4.71. The van der Waals surface area contributed by atoms with Crippen molar-refractivity contribution in [1.82, 2.24) is 4.90 Å². The molecule has 2 aromatic rings. The Morgan fingerprint density at radius 1 is 1.00 bits per heavy atom. The fraction of sp³-hybridized carbons (Fsp3) is 0.435. The Morgan fingerprint density at radius 2 is 1.69 bits per heavy atom. The van der Waals surface area contributed by atoms with Gasteiger partial charge in [0.25, 0.3) is 11.6 Å². The van der Waals surface area contributed by atoms with Crippen molar-refractivity contribution >= 4 is 28.7 Å². The summed E-state index contributed by atoms with van der Waals surface area (Å²) in [7, 11) is 1.95. The zero-order valence-electron chi connectivity index (χ0n) is 19.2. The maximum atomic E-state index is 14.0. The second kappa shape index (κ2) is 10.1. The number of halogens is 3. The van der Waals surface area contributed by atoms with Crippen molar-refractivity contribution in [2.75, 3.05) is 74.6 Å². The summed E-state index contributed by atoms with van der Waals surface area (Å²) in [6, 6.07) is 7.63. The first-order chi connectivity index (χ1) is 16.6. The number of morpholine rings is 1. The highest BCUT2D eigenvalue weighted by molar-refractivity contribution is 6.09. The average molecular weight is 493 g/mol. The fourth-order valence-corrected chi connectivity index (χ4v) is 4.23. The van der Waals surface area contributed by atoms with E-state index < -0.39 is 28.3 Å². The van der Waals surface area contributed by atoms with Gasteiger partial charge in [-0.25, -0.2) is 0 Å². The van der Waals surface area contributed by atoms with Crippen LogP contribution in [0.5, 0.6) is 0 Å². The minimum Gasteiger partial charge on any atom is -0.378 e. The van der Waals surface area contributed by atoms with Crippen LogP contribution in [0.1, 0.15) is 15.9 Å². The van der Waals surface area contributed by atoms with Gasteiger partial charge in [-0.3, -0.25) is 14.9 Å². The molecule has 2 aliphatic heterocycles. The third-order valence-corrected chi connectivity index (χ3v) is 6.21. The van der Waals surface area contributed by atoms with Crippen LogP contribution in [0, 0.1) is 10.1 Å². The molecule has 0 aliphatic carbocycles. The lowest BCUT2D eigenvalue weighted by Gasteiger charge is -2.34. The van der Waals surface area contributed by atoms with Crippen LogP contribution in [0.3, 0.4) is 0 Å². The Morgan fingerprint density at radius 3 is 2.31 bits per heavy atom.